The van der Waals surface area contributed by atoms with Gasteiger partial charge in [-0.15, -0.1) is 0 Å². The number of aryl methyl sites for hydroxylation is 1. The maximum atomic E-state index is 14.0. The van der Waals surface area contributed by atoms with Crippen molar-refractivity contribution in [1.82, 2.24) is 10.6 Å². The number of nitrogens with two attached hydrogens (primary N) is 1. The molecule has 3 amide bonds. The first-order chi connectivity index (χ1) is 21.2. The summed E-state index contributed by atoms with van der Waals surface area (Å²) in [5, 5.41) is 10.00. The monoisotopic (exact) mass is 604 g/mol. The van der Waals surface area contributed by atoms with Crippen LogP contribution in [0.1, 0.15) is 90.5 Å². The molecule has 9 nitrogen and oxygen atoms in total. The van der Waals surface area contributed by atoms with Gasteiger partial charge in [-0.05, 0) is 112 Å². The molecule has 5 aliphatic rings. The lowest BCUT2D eigenvalue weighted by Gasteiger charge is -2.90. The molecule has 0 saturated heterocycles. The van der Waals surface area contributed by atoms with Crippen LogP contribution in [0, 0.1) is 41.4 Å². The first-order valence-corrected chi connectivity index (χ1v) is 16.9. The van der Waals surface area contributed by atoms with Crippen molar-refractivity contribution in [2.75, 3.05) is 11.9 Å². The maximum absolute atomic E-state index is 14.0. The van der Waals surface area contributed by atoms with Crippen molar-refractivity contribution in [2.24, 2.45) is 40.2 Å². The zero-order valence-electron chi connectivity index (χ0n) is 25.8. The second-order valence-corrected chi connectivity index (χ2v) is 14.5. The van der Waals surface area contributed by atoms with Gasteiger partial charge in [0.15, 0.2) is 0 Å². The summed E-state index contributed by atoms with van der Waals surface area (Å²) in [6.07, 6.45) is 12.6. The topological polar surface area (TPSA) is 144 Å². The number of hydrogen-bond donors (Lipinski definition) is 4. The van der Waals surface area contributed by atoms with Crippen LogP contribution in [0.4, 0.5) is 5.69 Å². The van der Waals surface area contributed by atoms with Gasteiger partial charge in [-0.3, -0.25) is 14.4 Å². The molecule has 238 valence electrons. The lowest BCUT2D eigenvalue weighted by Crippen LogP contribution is -2.88. The molecule has 5 N–H and O–H groups in total. The van der Waals surface area contributed by atoms with Gasteiger partial charge in [-0.2, -0.15) is 0 Å². The molecule has 9 heteroatoms. The van der Waals surface area contributed by atoms with E-state index in [2.05, 4.69) is 16.0 Å². The molecule has 0 aliphatic heterocycles. The minimum Gasteiger partial charge on any atom is -0.423 e. The van der Waals surface area contributed by atoms with Crippen LogP contribution < -0.4 is 27.3 Å². The number of hydrogen-bond acceptors (Lipinski definition) is 6. The largest absolute Gasteiger partial charge is 0.423 e. The molecule has 5 aliphatic carbocycles. The van der Waals surface area contributed by atoms with Crippen LogP contribution in [0.25, 0.3) is 11.0 Å². The third-order valence-electron chi connectivity index (χ3n) is 12.3. The minimum atomic E-state index is -0.791. The molecule has 4 atom stereocenters. The summed E-state index contributed by atoms with van der Waals surface area (Å²) < 4.78 is 5.36. The van der Waals surface area contributed by atoms with Crippen LogP contribution in [0.5, 0.6) is 0 Å². The fourth-order valence-electron chi connectivity index (χ4n) is 10.3. The van der Waals surface area contributed by atoms with Crippen LogP contribution in [-0.4, -0.2) is 36.3 Å². The summed E-state index contributed by atoms with van der Waals surface area (Å²) in [5.41, 5.74) is 6.94. The van der Waals surface area contributed by atoms with Crippen molar-refractivity contribution in [1.29, 1.82) is 0 Å². The Morgan fingerprint density at radius 2 is 1.73 bits per heavy atom. The third-order valence-corrected chi connectivity index (χ3v) is 12.3. The Bertz CT molecular complexity index is 1510. The van der Waals surface area contributed by atoms with E-state index in [1.807, 2.05) is 13.0 Å². The van der Waals surface area contributed by atoms with E-state index < -0.39 is 17.7 Å². The number of nitrogens with one attached hydrogen (secondary N) is 3. The Hall–Kier alpha value is -3.20. The molecule has 0 radical (unpaired) electrons. The van der Waals surface area contributed by atoms with E-state index in [0.29, 0.717) is 60.7 Å². The van der Waals surface area contributed by atoms with Crippen LogP contribution in [0.15, 0.2) is 33.5 Å². The van der Waals surface area contributed by atoms with Crippen LogP contribution in [0.2, 0.25) is 0 Å². The van der Waals surface area contributed by atoms with E-state index >= 15 is 0 Å². The van der Waals surface area contributed by atoms with E-state index in [1.54, 1.807) is 12.1 Å². The van der Waals surface area contributed by atoms with Crippen molar-refractivity contribution in [2.45, 2.75) is 102 Å². The quantitative estimate of drug-likeness (QED) is 0.203. The van der Waals surface area contributed by atoms with E-state index in [1.165, 1.54) is 25.3 Å². The standard InChI is InChI=1S/C35H46N4O5.H2/c1-20-13-30(40)44-29-17-25(10-11-26(20)29)37-31(41)27(9-5-6-12-36)38-32(42)28(14-21-7-3-2-4-8-21)39-33(43)34-18-23-15-22-16-24(19-34)35(22,23)34;/h10-11,13,17,21-24,27-28H,2-9,12,14-16,18-19,36H2,1H3,(H,37,41)(H,38,42)(H,39,43);1H. The molecule has 4 unspecified atom stereocenters. The minimum absolute atomic E-state index is 0. The van der Waals surface area contributed by atoms with Crippen LogP contribution >= 0.6 is 0 Å². The first kappa shape index (κ1) is 29.5. The molecule has 1 heterocycles. The summed E-state index contributed by atoms with van der Waals surface area (Å²) in [4.78, 5) is 53.4. The second kappa shape index (κ2) is 11.3. The highest BCUT2D eigenvalue weighted by atomic mass is 16.4. The molecule has 5 saturated carbocycles. The van der Waals surface area contributed by atoms with Gasteiger partial charge < -0.3 is 26.1 Å². The Morgan fingerprint density at radius 1 is 0.977 bits per heavy atom. The van der Waals surface area contributed by atoms with E-state index in [9.17, 15) is 19.2 Å². The number of fused-ring (bicyclic) bond motifs is 1. The lowest BCUT2D eigenvalue weighted by atomic mass is 9.13. The molecule has 2 aromatic rings. The van der Waals surface area contributed by atoms with E-state index in [0.717, 1.165) is 55.9 Å². The van der Waals surface area contributed by atoms with Crippen molar-refractivity contribution in [3.05, 3.63) is 40.2 Å². The number of carbonyl (C=O) groups excluding carboxylic acids is 3. The van der Waals surface area contributed by atoms with Gasteiger partial charge >= 0.3 is 5.63 Å². The molecule has 44 heavy (non-hydrogen) atoms. The number of unbranched alkanes of at least 4 members (excludes halogenated alkanes) is 1. The molecule has 1 aromatic carbocycles. The fourth-order valence-corrected chi connectivity index (χ4v) is 10.3. The summed E-state index contributed by atoms with van der Waals surface area (Å²) in [6, 6.07) is 5.20. The molecular formula is C35H48N4O5. The average molecular weight is 605 g/mol. The fraction of sp³-hybridized carbons (Fsp3) is 0.657. The third kappa shape index (κ3) is 4.60. The Balaban J connectivity index is 0.00000357. The number of carbonyl (C=O) groups is 3. The maximum Gasteiger partial charge on any atom is 0.336 e. The average Bonchev–Trinajstić information content (AvgIpc) is 2.95. The number of rotatable bonds is 12. The Kier molecular flexibility index (Phi) is 7.58. The lowest BCUT2D eigenvalue weighted by molar-refractivity contribution is -0.413. The highest BCUT2D eigenvalue weighted by molar-refractivity contribution is 6.00. The van der Waals surface area contributed by atoms with Gasteiger partial charge in [-0.1, -0.05) is 32.1 Å². The van der Waals surface area contributed by atoms with Crippen LogP contribution in [0.3, 0.4) is 0 Å². The zero-order valence-corrected chi connectivity index (χ0v) is 25.8. The Labute approximate surface area is 259 Å². The summed E-state index contributed by atoms with van der Waals surface area (Å²) >= 11 is 0. The van der Waals surface area contributed by atoms with Gasteiger partial charge in [0.2, 0.25) is 17.7 Å². The van der Waals surface area contributed by atoms with Gasteiger partial charge in [-0.25, -0.2) is 4.79 Å². The molecule has 0 bridgehead atoms. The summed E-state index contributed by atoms with van der Waals surface area (Å²) in [6.45, 7) is 2.34. The molecule has 1 spiro atoms. The van der Waals surface area contributed by atoms with Gasteiger partial charge in [0.1, 0.15) is 17.7 Å². The number of amides is 3. The SMILES string of the molecule is Cc1cc(=O)oc2cc(NC(=O)C(CCCCN)NC(=O)C(CC3CCCCC3)NC(=O)C34CC5CC6CC(C3)C654)ccc12.[HH]. The number of benzene rings is 1. The molecule has 5 fully saturated rings. The predicted octanol–water partition coefficient (Wildman–Crippen LogP) is 4.79. The normalized spacial score (nSPS) is 31.1. The van der Waals surface area contributed by atoms with Crippen molar-refractivity contribution >= 4 is 34.4 Å². The summed E-state index contributed by atoms with van der Waals surface area (Å²) in [5.74, 6) is 1.95. The van der Waals surface area contributed by atoms with Crippen LogP contribution in [-0.2, 0) is 14.4 Å². The predicted molar refractivity (Wildman–Crippen MR) is 170 cm³/mol. The van der Waals surface area contributed by atoms with Crippen molar-refractivity contribution < 1.29 is 20.2 Å². The van der Waals surface area contributed by atoms with Gasteiger partial charge in [0.05, 0.1) is 5.41 Å². The zero-order chi connectivity index (χ0) is 30.6. The molecule has 7 rings (SSSR count). The Morgan fingerprint density at radius 3 is 2.41 bits per heavy atom. The number of anilines is 1. The van der Waals surface area contributed by atoms with Crippen molar-refractivity contribution in [3.63, 3.8) is 0 Å². The second-order valence-electron chi connectivity index (χ2n) is 14.5. The molecule has 1 aromatic heterocycles. The van der Waals surface area contributed by atoms with Crippen molar-refractivity contribution in [3.8, 4) is 0 Å². The highest BCUT2D eigenvalue weighted by Gasteiger charge is 2.89. The van der Waals surface area contributed by atoms with Gasteiger partial charge in [0.25, 0.3) is 0 Å². The van der Waals surface area contributed by atoms with E-state index in [4.69, 9.17) is 10.2 Å². The van der Waals surface area contributed by atoms with E-state index in [-0.39, 0.29) is 30.0 Å². The summed E-state index contributed by atoms with van der Waals surface area (Å²) in [7, 11) is 0. The van der Waals surface area contributed by atoms with Gasteiger partial charge in [0, 0.05) is 24.6 Å². The highest BCUT2D eigenvalue weighted by Crippen LogP contribution is 2.92. The molecular weight excluding hydrogens is 556 g/mol. The first-order valence-electron chi connectivity index (χ1n) is 16.9. The smallest absolute Gasteiger partial charge is 0.336 e.